The van der Waals surface area contributed by atoms with Gasteiger partial charge in [0.1, 0.15) is 0 Å². The van der Waals surface area contributed by atoms with Gasteiger partial charge in [0.2, 0.25) is 11.6 Å². The maximum absolute atomic E-state index is 14.6. The zero-order valence-electron chi connectivity index (χ0n) is 19.0. The number of aliphatic imine (C=N–C) groups is 1. The van der Waals surface area contributed by atoms with Gasteiger partial charge in [-0.3, -0.25) is 19.5 Å². The molecule has 1 heterocycles. The second-order valence-corrected chi connectivity index (χ2v) is 8.15. The number of ether oxygens (including phenoxy) is 1. The van der Waals surface area contributed by atoms with E-state index in [2.05, 4.69) is 14.6 Å². The molecule has 0 spiro atoms. The molecule has 2 aromatic rings. The van der Waals surface area contributed by atoms with Gasteiger partial charge < -0.3 is 9.84 Å². The molecule has 0 radical (unpaired) electrons. The molecule has 1 aliphatic rings. The van der Waals surface area contributed by atoms with Crippen molar-refractivity contribution < 1.29 is 45.8 Å². The first kappa shape index (κ1) is 27.2. The standard InChI is InChI=1S/C24H22F6N2O4/c1-2-17(31-14-7-5-13(6-8-14)12-32-9-3-4-10-32)18(23(34)35)21(33)15-11-16(25)20(27)22(19(15)26)36-24(28,29)30/h5-8,11,18H,2-4,9-10,12H2,1H3,(H,34,35). The number of carboxylic acid groups (broad SMARTS) is 1. The third kappa shape index (κ3) is 6.42. The fourth-order valence-corrected chi connectivity index (χ4v) is 3.92. The number of Topliss-reactive ketones (excluding diaryl/α,β-unsaturated/α-hetero) is 1. The van der Waals surface area contributed by atoms with E-state index in [0.29, 0.717) is 0 Å². The van der Waals surface area contributed by atoms with E-state index >= 15 is 0 Å². The van der Waals surface area contributed by atoms with Gasteiger partial charge in [-0.25, -0.2) is 8.78 Å². The van der Waals surface area contributed by atoms with Crippen molar-refractivity contribution >= 4 is 23.2 Å². The minimum atomic E-state index is -5.60. The zero-order valence-corrected chi connectivity index (χ0v) is 19.0. The van der Waals surface area contributed by atoms with Gasteiger partial charge in [0.15, 0.2) is 23.3 Å². The van der Waals surface area contributed by atoms with E-state index in [4.69, 9.17) is 0 Å². The van der Waals surface area contributed by atoms with Gasteiger partial charge in [0.25, 0.3) is 0 Å². The molecule has 1 aliphatic heterocycles. The highest BCUT2D eigenvalue weighted by atomic mass is 19.4. The first-order valence-electron chi connectivity index (χ1n) is 11.0. The largest absolute Gasteiger partial charge is 0.573 e. The van der Waals surface area contributed by atoms with Crippen LogP contribution in [-0.2, 0) is 11.3 Å². The number of hydrogen-bond acceptors (Lipinski definition) is 5. The van der Waals surface area contributed by atoms with E-state index in [0.717, 1.165) is 38.0 Å². The third-order valence-electron chi connectivity index (χ3n) is 5.62. The van der Waals surface area contributed by atoms with Crippen LogP contribution < -0.4 is 4.74 Å². The highest BCUT2D eigenvalue weighted by Crippen LogP contribution is 2.33. The summed E-state index contributed by atoms with van der Waals surface area (Å²) in [5, 5.41) is 9.65. The number of benzene rings is 2. The fourth-order valence-electron chi connectivity index (χ4n) is 3.92. The zero-order chi connectivity index (χ0) is 26.6. The lowest BCUT2D eigenvalue weighted by Gasteiger charge is -2.17. The van der Waals surface area contributed by atoms with Crippen molar-refractivity contribution in [2.45, 2.75) is 39.1 Å². The Morgan fingerprint density at radius 2 is 1.69 bits per heavy atom. The molecule has 1 atom stereocenters. The van der Waals surface area contributed by atoms with Gasteiger partial charge in [-0.1, -0.05) is 19.1 Å². The van der Waals surface area contributed by atoms with Crippen molar-refractivity contribution in [3.05, 3.63) is 58.9 Å². The van der Waals surface area contributed by atoms with Crippen LogP contribution in [0.3, 0.4) is 0 Å². The smallest absolute Gasteiger partial charge is 0.480 e. The summed E-state index contributed by atoms with van der Waals surface area (Å²) in [6, 6.07) is 6.73. The molecule has 194 valence electrons. The highest BCUT2D eigenvalue weighted by molar-refractivity contribution is 6.24. The number of ketones is 1. The fraction of sp³-hybridized carbons (Fsp3) is 0.375. The van der Waals surface area contributed by atoms with E-state index in [-0.39, 0.29) is 23.9 Å². The molecule has 12 heteroatoms. The Hall–Kier alpha value is -3.41. The Balaban J connectivity index is 1.94. The molecule has 0 saturated carbocycles. The molecule has 6 nitrogen and oxygen atoms in total. The Labute approximate surface area is 202 Å². The second-order valence-electron chi connectivity index (χ2n) is 8.15. The van der Waals surface area contributed by atoms with E-state index in [1.54, 1.807) is 24.3 Å². The number of hydrogen-bond donors (Lipinski definition) is 1. The minimum absolute atomic E-state index is 0.00734. The quantitative estimate of drug-likeness (QED) is 0.153. The SMILES string of the molecule is CCC(=Nc1ccc(CN2CCCC2)cc1)C(C(=O)O)C(=O)c1cc(F)c(F)c(OC(F)(F)F)c1F. The summed E-state index contributed by atoms with van der Waals surface area (Å²) in [5.74, 6) is -14.3. The van der Waals surface area contributed by atoms with Crippen molar-refractivity contribution in [3.63, 3.8) is 0 Å². The Morgan fingerprint density at radius 1 is 1.08 bits per heavy atom. The van der Waals surface area contributed by atoms with Crippen LogP contribution in [-0.4, -0.2) is 46.9 Å². The van der Waals surface area contributed by atoms with E-state index in [9.17, 15) is 41.0 Å². The van der Waals surface area contributed by atoms with Gasteiger partial charge in [-0.2, -0.15) is 4.39 Å². The average molecular weight is 516 g/mol. The molecule has 1 saturated heterocycles. The molecule has 2 aromatic carbocycles. The number of carbonyl (C=O) groups excluding carboxylic acids is 1. The predicted molar refractivity (Wildman–Crippen MR) is 117 cm³/mol. The molecule has 0 aromatic heterocycles. The van der Waals surface area contributed by atoms with Crippen LogP contribution in [0.5, 0.6) is 5.75 Å². The molecule has 1 fully saturated rings. The van der Waals surface area contributed by atoms with Crippen LogP contribution in [0.2, 0.25) is 0 Å². The van der Waals surface area contributed by atoms with Crippen molar-refractivity contribution in [2.24, 2.45) is 10.9 Å². The summed E-state index contributed by atoms with van der Waals surface area (Å²) in [5.41, 5.74) is -0.409. The maximum atomic E-state index is 14.6. The normalized spacial score (nSPS) is 15.7. The summed E-state index contributed by atoms with van der Waals surface area (Å²) in [4.78, 5) is 31.2. The first-order chi connectivity index (χ1) is 16.9. The molecule has 0 bridgehead atoms. The van der Waals surface area contributed by atoms with Crippen molar-refractivity contribution in [2.75, 3.05) is 13.1 Å². The average Bonchev–Trinajstić information content (AvgIpc) is 3.32. The number of halogens is 6. The van der Waals surface area contributed by atoms with Crippen LogP contribution in [0, 0.1) is 23.4 Å². The lowest BCUT2D eigenvalue weighted by Crippen LogP contribution is -2.32. The number of carboxylic acids is 1. The van der Waals surface area contributed by atoms with E-state index in [1.807, 2.05) is 0 Å². The number of alkyl halides is 3. The number of nitrogens with zero attached hydrogens (tertiary/aromatic N) is 2. The van der Waals surface area contributed by atoms with Crippen molar-refractivity contribution in [1.29, 1.82) is 0 Å². The van der Waals surface area contributed by atoms with Crippen LogP contribution in [0.15, 0.2) is 35.3 Å². The lowest BCUT2D eigenvalue weighted by atomic mass is 9.91. The maximum Gasteiger partial charge on any atom is 0.573 e. The van der Waals surface area contributed by atoms with Crippen molar-refractivity contribution in [1.82, 2.24) is 4.90 Å². The predicted octanol–water partition coefficient (Wildman–Crippen LogP) is 5.66. The molecule has 3 rings (SSSR count). The monoisotopic (exact) mass is 516 g/mol. The van der Waals surface area contributed by atoms with E-state index in [1.165, 1.54) is 6.92 Å². The molecular weight excluding hydrogens is 494 g/mol. The van der Waals surface area contributed by atoms with Crippen molar-refractivity contribution in [3.8, 4) is 5.75 Å². The summed E-state index contributed by atoms with van der Waals surface area (Å²) in [6.07, 6.45) is -3.47. The van der Waals surface area contributed by atoms with Gasteiger partial charge in [0.05, 0.1) is 11.3 Å². The Kier molecular flexibility index (Phi) is 8.39. The molecule has 0 aliphatic carbocycles. The van der Waals surface area contributed by atoms with E-state index < -0.39 is 52.8 Å². The first-order valence-corrected chi connectivity index (χ1v) is 11.0. The van der Waals surface area contributed by atoms with Gasteiger partial charge in [-0.05, 0) is 56.1 Å². The lowest BCUT2D eigenvalue weighted by molar-refractivity contribution is -0.276. The summed E-state index contributed by atoms with van der Waals surface area (Å²) in [7, 11) is 0. The number of rotatable bonds is 9. The molecule has 1 N–H and O–H groups in total. The molecule has 0 amide bonds. The van der Waals surface area contributed by atoms with Gasteiger partial charge in [0, 0.05) is 12.3 Å². The van der Waals surface area contributed by atoms with Crippen LogP contribution in [0.1, 0.15) is 42.1 Å². The van der Waals surface area contributed by atoms with Gasteiger partial charge in [-0.15, -0.1) is 13.2 Å². The summed E-state index contributed by atoms with van der Waals surface area (Å²) in [6.45, 7) is 4.15. The summed E-state index contributed by atoms with van der Waals surface area (Å²) < 4.78 is 83.1. The van der Waals surface area contributed by atoms with Crippen LogP contribution in [0.4, 0.5) is 32.0 Å². The summed E-state index contributed by atoms with van der Waals surface area (Å²) >= 11 is 0. The molecule has 36 heavy (non-hydrogen) atoms. The molecular formula is C24H22F6N2O4. The van der Waals surface area contributed by atoms with Gasteiger partial charge >= 0.3 is 12.3 Å². The third-order valence-corrected chi connectivity index (χ3v) is 5.62. The Bertz CT molecular complexity index is 1160. The second kappa shape index (κ2) is 11.1. The topological polar surface area (TPSA) is 79.2 Å². The Morgan fingerprint density at radius 3 is 2.22 bits per heavy atom. The minimum Gasteiger partial charge on any atom is -0.480 e. The number of aliphatic carboxylic acids is 1. The van der Waals surface area contributed by atoms with Crippen LogP contribution >= 0.6 is 0 Å². The van der Waals surface area contributed by atoms with Crippen LogP contribution in [0.25, 0.3) is 0 Å². The highest BCUT2D eigenvalue weighted by Gasteiger charge is 2.39. The molecule has 1 unspecified atom stereocenters. The number of likely N-dealkylation sites (tertiary alicyclic amines) is 1. The number of carbonyl (C=O) groups is 2.